The number of amides is 1. The molecule has 0 unspecified atom stereocenters. The standard InChI is InChI=1S/C17H24N2O/c18-12-15-3-1-13(2-4-15)11-14-7-9-19(10-8-14)17(20)16-5-6-16/h1-4,14,16H,5-12,18H2. The van der Waals surface area contributed by atoms with Crippen LogP contribution in [0.4, 0.5) is 0 Å². The van der Waals surface area contributed by atoms with Crippen LogP contribution in [-0.2, 0) is 17.8 Å². The van der Waals surface area contributed by atoms with Crippen LogP contribution in [0, 0.1) is 11.8 Å². The van der Waals surface area contributed by atoms with E-state index in [9.17, 15) is 4.79 Å². The van der Waals surface area contributed by atoms with Gasteiger partial charge >= 0.3 is 0 Å². The third kappa shape index (κ3) is 3.21. The highest BCUT2D eigenvalue weighted by Gasteiger charge is 2.34. The molecule has 0 aromatic heterocycles. The van der Waals surface area contributed by atoms with E-state index in [1.165, 1.54) is 11.1 Å². The molecule has 2 N–H and O–H groups in total. The number of piperidine rings is 1. The van der Waals surface area contributed by atoms with E-state index in [1.54, 1.807) is 0 Å². The number of hydrogen-bond acceptors (Lipinski definition) is 2. The average molecular weight is 272 g/mol. The zero-order valence-corrected chi connectivity index (χ0v) is 12.1. The van der Waals surface area contributed by atoms with Gasteiger partial charge in [0.05, 0.1) is 0 Å². The molecular weight excluding hydrogens is 248 g/mol. The molecule has 1 saturated heterocycles. The molecule has 0 radical (unpaired) electrons. The summed E-state index contributed by atoms with van der Waals surface area (Å²) in [7, 11) is 0. The van der Waals surface area contributed by atoms with Gasteiger partial charge in [0.25, 0.3) is 0 Å². The van der Waals surface area contributed by atoms with Gasteiger partial charge in [0, 0.05) is 25.6 Å². The molecule has 108 valence electrons. The molecule has 1 aliphatic carbocycles. The minimum absolute atomic E-state index is 0.371. The van der Waals surface area contributed by atoms with E-state index in [-0.39, 0.29) is 0 Å². The fourth-order valence-corrected chi connectivity index (χ4v) is 3.09. The zero-order valence-electron chi connectivity index (χ0n) is 12.1. The number of likely N-dealkylation sites (tertiary alicyclic amines) is 1. The maximum absolute atomic E-state index is 12.0. The van der Waals surface area contributed by atoms with Crippen LogP contribution >= 0.6 is 0 Å². The van der Waals surface area contributed by atoms with Gasteiger partial charge in [-0.3, -0.25) is 4.79 Å². The molecule has 0 spiro atoms. The van der Waals surface area contributed by atoms with Crippen LogP contribution < -0.4 is 5.73 Å². The van der Waals surface area contributed by atoms with Crippen molar-refractivity contribution in [1.82, 2.24) is 4.90 Å². The van der Waals surface area contributed by atoms with Crippen molar-refractivity contribution in [3.63, 3.8) is 0 Å². The smallest absolute Gasteiger partial charge is 0.225 e. The van der Waals surface area contributed by atoms with E-state index in [1.807, 2.05) is 0 Å². The Morgan fingerprint density at radius 1 is 1.05 bits per heavy atom. The van der Waals surface area contributed by atoms with Crippen LogP contribution in [0.5, 0.6) is 0 Å². The number of rotatable bonds is 4. The van der Waals surface area contributed by atoms with E-state index >= 15 is 0 Å². The Labute approximate surface area is 121 Å². The highest BCUT2D eigenvalue weighted by atomic mass is 16.2. The van der Waals surface area contributed by atoms with Crippen LogP contribution in [0.1, 0.15) is 36.8 Å². The molecule has 0 bridgehead atoms. The molecule has 0 atom stereocenters. The molecule has 3 nitrogen and oxygen atoms in total. The van der Waals surface area contributed by atoms with Crippen LogP contribution in [-0.4, -0.2) is 23.9 Å². The second-order valence-corrected chi connectivity index (χ2v) is 6.27. The van der Waals surface area contributed by atoms with Crippen molar-refractivity contribution in [2.75, 3.05) is 13.1 Å². The van der Waals surface area contributed by atoms with Crippen molar-refractivity contribution in [2.45, 2.75) is 38.6 Å². The van der Waals surface area contributed by atoms with E-state index in [0.29, 0.717) is 18.4 Å². The summed E-state index contributed by atoms with van der Waals surface area (Å²) in [6, 6.07) is 8.65. The Kier molecular flexibility index (Phi) is 4.06. The number of hydrogen-bond donors (Lipinski definition) is 1. The predicted octanol–water partition coefficient (Wildman–Crippen LogP) is 2.34. The van der Waals surface area contributed by atoms with Gasteiger partial charge in [0.2, 0.25) is 5.91 Å². The summed E-state index contributed by atoms with van der Waals surface area (Å²) >= 11 is 0. The quantitative estimate of drug-likeness (QED) is 0.914. The van der Waals surface area contributed by atoms with Gasteiger partial charge in [-0.1, -0.05) is 24.3 Å². The highest BCUT2D eigenvalue weighted by Crippen LogP contribution is 2.32. The van der Waals surface area contributed by atoms with Gasteiger partial charge in [-0.25, -0.2) is 0 Å². The summed E-state index contributed by atoms with van der Waals surface area (Å²) < 4.78 is 0. The maximum atomic E-state index is 12.0. The van der Waals surface area contributed by atoms with Crippen LogP contribution in [0.15, 0.2) is 24.3 Å². The lowest BCUT2D eigenvalue weighted by Crippen LogP contribution is -2.39. The average Bonchev–Trinajstić information content (AvgIpc) is 3.33. The largest absolute Gasteiger partial charge is 0.342 e. The van der Waals surface area contributed by atoms with Gasteiger partial charge in [0.15, 0.2) is 0 Å². The fourth-order valence-electron chi connectivity index (χ4n) is 3.09. The lowest BCUT2D eigenvalue weighted by Gasteiger charge is -2.32. The molecule has 1 amide bonds. The Morgan fingerprint density at radius 2 is 1.65 bits per heavy atom. The number of carbonyl (C=O) groups excluding carboxylic acids is 1. The summed E-state index contributed by atoms with van der Waals surface area (Å²) in [5.41, 5.74) is 8.21. The molecule has 3 heteroatoms. The number of nitrogens with zero attached hydrogens (tertiary/aromatic N) is 1. The Bertz CT molecular complexity index is 456. The minimum Gasteiger partial charge on any atom is -0.342 e. The van der Waals surface area contributed by atoms with E-state index in [2.05, 4.69) is 29.2 Å². The van der Waals surface area contributed by atoms with Crippen LogP contribution in [0.2, 0.25) is 0 Å². The fraction of sp³-hybridized carbons (Fsp3) is 0.588. The zero-order chi connectivity index (χ0) is 13.9. The van der Waals surface area contributed by atoms with Crippen molar-refractivity contribution in [3.05, 3.63) is 35.4 Å². The van der Waals surface area contributed by atoms with Gasteiger partial charge in [0.1, 0.15) is 0 Å². The third-order valence-corrected chi connectivity index (χ3v) is 4.64. The van der Waals surface area contributed by atoms with E-state index in [0.717, 1.165) is 51.1 Å². The van der Waals surface area contributed by atoms with Crippen molar-refractivity contribution < 1.29 is 4.79 Å². The van der Waals surface area contributed by atoms with Gasteiger partial charge in [-0.15, -0.1) is 0 Å². The summed E-state index contributed by atoms with van der Waals surface area (Å²) in [5, 5.41) is 0. The molecule has 2 aliphatic rings. The second kappa shape index (κ2) is 5.96. The number of carbonyl (C=O) groups is 1. The molecule has 3 rings (SSSR count). The summed E-state index contributed by atoms with van der Waals surface area (Å²) in [6.07, 6.45) is 5.67. The van der Waals surface area contributed by atoms with Crippen molar-refractivity contribution in [1.29, 1.82) is 0 Å². The van der Waals surface area contributed by atoms with Crippen LogP contribution in [0.25, 0.3) is 0 Å². The van der Waals surface area contributed by atoms with Crippen molar-refractivity contribution >= 4 is 5.91 Å². The normalized spacial score (nSPS) is 20.1. The SMILES string of the molecule is NCc1ccc(CC2CCN(C(=O)C3CC3)CC2)cc1. The molecule has 2 fully saturated rings. The first-order valence-corrected chi connectivity index (χ1v) is 7.83. The number of nitrogens with two attached hydrogens (primary N) is 1. The molecular formula is C17H24N2O. The minimum atomic E-state index is 0.371. The lowest BCUT2D eigenvalue weighted by molar-refractivity contribution is -0.133. The Balaban J connectivity index is 1.48. The van der Waals surface area contributed by atoms with Crippen molar-refractivity contribution in [2.24, 2.45) is 17.6 Å². The van der Waals surface area contributed by atoms with E-state index in [4.69, 9.17) is 5.73 Å². The van der Waals surface area contributed by atoms with E-state index < -0.39 is 0 Å². The third-order valence-electron chi connectivity index (χ3n) is 4.64. The first-order valence-electron chi connectivity index (χ1n) is 7.83. The Hall–Kier alpha value is -1.35. The first-order chi connectivity index (χ1) is 9.76. The maximum Gasteiger partial charge on any atom is 0.225 e. The molecule has 1 saturated carbocycles. The molecule has 1 aromatic carbocycles. The summed E-state index contributed by atoms with van der Waals surface area (Å²) in [6.45, 7) is 2.53. The monoisotopic (exact) mass is 272 g/mol. The summed E-state index contributed by atoms with van der Waals surface area (Å²) in [4.78, 5) is 14.1. The second-order valence-electron chi connectivity index (χ2n) is 6.27. The lowest BCUT2D eigenvalue weighted by atomic mass is 9.90. The number of benzene rings is 1. The van der Waals surface area contributed by atoms with Crippen molar-refractivity contribution in [3.8, 4) is 0 Å². The predicted molar refractivity (Wildman–Crippen MR) is 80.1 cm³/mol. The molecule has 1 heterocycles. The van der Waals surface area contributed by atoms with Gasteiger partial charge in [-0.05, 0) is 49.1 Å². The molecule has 20 heavy (non-hydrogen) atoms. The first kappa shape index (κ1) is 13.6. The van der Waals surface area contributed by atoms with Crippen LogP contribution in [0.3, 0.4) is 0 Å². The Morgan fingerprint density at radius 3 is 2.20 bits per heavy atom. The molecule has 1 aromatic rings. The van der Waals surface area contributed by atoms with Gasteiger partial charge in [-0.2, -0.15) is 0 Å². The topological polar surface area (TPSA) is 46.3 Å². The molecule has 1 aliphatic heterocycles. The van der Waals surface area contributed by atoms with Gasteiger partial charge < -0.3 is 10.6 Å². The highest BCUT2D eigenvalue weighted by molar-refractivity contribution is 5.81. The summed E-state index contributed by atoms with van der Waals surface area (Å²) in [5.74, 6) is 1.51.